The molecule has 0 amide bonds. The lowest BCUT2D eigenvalue weighted by Crippen LogP contribution is -2.08. The molecule has 2 atom stereocenters. The lowest BCUT2D eigenvalue weighted by atomic mass is 9.90. The van der Waals surface area contributed by atoms with E-state index in [1.165, 1.54) is 33.4 Å². The minimum atomic E-state index is -0.234. The van der Waals surface area contributed by atoms with E-state index in [0.717, 1.165) is 11.1 Å². The second-order valence-corrected chi connectivity index (χ2v) is 7.37. The fraction of sp³-hybridized carbons (Fsp3) is 0.400. The van der Waals surface area contributed by atoms with E-state index in [-0.39, 0.29) is 10.8 Å². The highest BCUT2D eigenvalue weighted by Crippen LogP contribution is 2.44. The van der Waals surface area contributed by atoms with Crippen LogP contribution in [0.1, 0.15) is 55.3 Å². The molecule has 0 aliphatic heterocycles. The summed E-state index contributed by atoms with van der Waals surface area (Å²) in [6, 6.07) is 8.71. The summed E-state index contributed by atoms with van der Waals surface area (Å²) in [5, 5.41) is -0.468. The van der Waals surface area contributed by atoms with Gasteiger partial charge < -0.3 is 0 Å². The van der Waals surface area contributed by atoms with Gasteiger partial charge in [-0.15, -0.1) is 23.2 Å². The number of benzene rings is 2. The number of hydrogen-bond acceptors (Lipinski definition) is 0. The van der Waals surface area contributed by atoms with Gasteiger partial charge in [0, 0.05) is 0 Å². The van der Waals surface area contributed by atoms with Crippen LogP contribution < -0.4 is 0 Å². The monoisotopic (exact) mass is 334 g/mol. The van der Waals surface area contributed by atoms with Crippen molar-refractivity contribution in [2.45, 2.75) is 52.3 Å². The predicted molar refractivity (Wildman–Crippen MR) is 98.5 cm³/mol. The van der Waals surface area contributed by atoms with Gasteiger partial charge in [-0.3, -0.25) is 0 Å². The van der Waals surface area contributed by atoms with Crippen LogP contribution in [-0.2, 0) is 0 Å². The lowest BCUT2D eigenvalue weighted by molar-refractivity contribution is 0.848. The molecule has 0 fully saturated rings. The minimum Gasteiger partial charge on any atom is -0.116 e. The molecule has 0 spiro atoms. The third-order valence-electron chi connectivity index (χ3n) is 4.28. The van der Waals surface area contributed by atoms with E-state index in [4.69, 9.17) is 23.2 Å². The molecule has 0 aliphatic rings. The Labute approximate surface area is 144 Å². The summed E-state index contributed by atoms with van der Waals surface area (Å²) in [6.45, 7) is 12.7. The van der Waals surface area contributed by atoms with Crippen LogP contribution in [0, 0.1) is 41.5 Å². The van der Waals surface area contributed by atoms with Gasteiger partial charge in [-0.25, -0.2) is 0 Å². The molecule has 118 valence electrons. The van der Waals surface area contributed by atoms with Gasteiger partial charge in [0.05, 0.1) is 10.8 Å². The average molecular weight is 335 g/mol. The van der Waals surface area contributed by atoms with E-state index < -0.39 is 0 Å². The van der Waals surface area contributed by atoms with Gasteiger partial charge in [0.1, 0.15) is 0 Å². The Bertz CT molecular complexity index is 593. The van der Waals surface area contributed by atoms with Crippen LogP contribution in [0.2, 0.25) is 0 Å². The topological polar surface area (TPSA) is 0 Å². The molecule has 22 heavy (non-hydrogen) atoms. The number of halogens is 2. The third kappa shape index (κ3) is 3.34. The number of rotatable bonds is 3. The first kappa shape index (κ1) is 17.4. The van der Waals surface area contributed by atoms with Gasteiger partial charge in [0.25, 0.3) is 0 Å². The fourth-order valence-corrected chi connectivity index (χ4v) is 4.49. The van der Waals surface area contributed by atoms with Crippen molar-refractivity contribution in [1.29, 1.82) is 0 Å². The molecule has 0 heterocycles. The van der Waals surface area contributed by atoms with Crippen molar-refractivity contribution in [2.24, 2.45) is 0 Å². The maximum Gasteiger partial charge on any atom is 0.0795 e. The molecule has 0 aromatic heterocycles. The molecule has 0 saturated heterocycles. The second kappa shape index (κ2) is 6.64. The van der Waals surface area contributed by atoms with Gasteiger partial charge in [0.2, 0.25) is 0 Å². The Balaban J connectivity index is 2.49. The summed E-state index contributed by atoms with van der Waals surface area (Å²) in [7, 11) is 0. The van der Waals surface area contributed by atoms with E-state index in [1.807, 2.05) is 0 Å². The van der Waals surface area contributed by atoms with Crippen molar-refractivity contribution < 1.29 is 0 Å². The van der Waals surface area contributed by atoms with Crippen LogP contribution in [0.3, 0.4) is 0 Å². The first-order valence-electron chi connectivity index (χ1n) is 7.66. The Morgan fingerprint density at radius 1 is 0.545 bits per heavy atom. The molecule has 0 saturated carbocycles. The van der Waals surface area contributed by atoms with Crippen molar-refractivity contribution in [2.75, 3.05) is 0 Å². The number of aryl methyl sites for hydroxylation is 6. The van der Waals surface area contributed by atoms with Crippen LogP contribution in [-0.4, -0.2) is 0 Å². The van der Waals surface area contributed by atoms with Crippen LogP contribution in [0.15, 0.2) is 24.3 Å². The second-order valence-electron chi connectivity index (χ2n) is 6.43. The summed E-state index contributed by atoms with van der Waals surface area (Å²) in [6.07, 6.45) is 0. The lowest BCUT2D eigenvalue weighted by Gasteiger charge is -2.24. The summed E-state index contributed by atoms with van der Waals surface area (Å²) in [5.41, 5.74) is 9.69. The van der Waals surface area contributed by atoms with Gasteiger partial charge in [-0.1, -0.05) is 35.4 Å². The molecule has 0 N–H and O–H groups in total. The van der Waals surface area contributed by atoms with E-state index in [2.05, 4.69) is 65.8 Å². The zero-order valence-corrected chi connectivity index (χ0v) is 15.7. The van der Waals surface area contributed by atoms with E-state index in [9.17, 15) is 0 Å². The van der Waals surface area contributed by atoms with E-state index in [1.54, 1.807) is 0 Å². The number of alkyl halides is 2. The zero-order chi connectivity index (χ0) is 16.6. The highest BCUT2D eigenvalue weighted by molar-refractivity contribution is 6.30. The van der Waals surface area contributed by atoms with E-state index >= 15 is 0 Å². The van der Waals surface area contributed by atoms with Crippen molar-refractivity contribution in [3.8, 4) is 0 Å². The quantitative estimate of drug-likeness (QED) is 0.541. The highest BCUT2D eigenvalue weighted by atomic mass is 35.5. The van der Waals surface area contributed by atoms with Crippen molar-refractivity contribution in [3.63, 3.8) is 0 Å². The van der Waals surface area contributed by atoms with Crippen LogP contribution in [0.25, 0.3) is 0 Å². The molecule has 0 bridgehead atoms. The molecule has 2 aromatic rings. The summed E-state index contributed by atoms with van der Waals surface area (Å²) >= 11 is 13.6. The molecule has 2 aromatic carbocycles. The van der Waals surface area contributed by atoms with Crippen LogP contribution >= 0.6 is 23.2 Å². The van der Waals surface area contributed by atoms with Crippen LogP contribution in [0.5, 0.6) is 0 Å². The number of hydrogen-bond donors (Lipinski definition) is 0. The molecule has 0 aliphatic carbocycles. The maximum absolute atomic E-state index is 6.81. The molecule has 0 radical (unpaired) electrons. The first-order valence-corrected chi connectivity index (χ1v) is 8.53. The SMILES string of the molecule is Cc1cc(C)c(C(Cl)C(Cl)c2c(C)cc(C)cc2C)c(C)c1. The molecule has 2 heteroatoms. The van der Waals surface area contributed by atoms with Gasteiger partial charge in [-0.2, -0.15) is 0 Å². The molecular weight excluding hydrogens is 311 g/mol. The first-order chi connectivity index (χ1) is 10.2. The molecular formula is C20H24Cl2. The van der Waals surface area contributed by atoms with Crippen molar-refractivity contribution >= 4 is 23.2 Å². The van der Waals surface area contributed by atoms with Crippen molar-refractivity contribution in [3.05, 3.63) is 68.8 Å². The van der Waals surface area contributed by atoms with E-state index in [0.29, 0.717) is 0 Å². The van der Waals surface area contributed by atoms with Gasteiger partial charge in [-0.05, 0) is 74.9 Å². The smallest absolute Gasteiger partial charge is 0.0795 e. The minimum absolute atomic E-state index is 0.234. The Morgan fingerprint density at radius 3 is 1.00 bits per heavy atom. The molecule has 0 nitrogen and oxygen atoms in total. The Kier molecular flexibility index (Phi) is 5.25. The fourth-order valence-electron chi connectivity index (χ4n) is 3.55. The summed E-state index contributed by atoms with van der Waals surface area (Å²) in [4.78, 5) is 0. The Hall–Kier alpha value is -0.980. The summed E-state index contributed by atoms with van der Waals surface area (Å²) in [5.74, 6) is 0. The maximum atomic E-state index is 6.81. The third-order valence-corrected chi connectivity index (χ3v) is 5.35. The standard InChI is InChI=1S/C20H24Cl2/c1-11-7-13(3)17(14(4)8-11)19(21)20(22)18-15(5)9-12(2)10-16(18)6/h7-10,19-20H,1-6H3. The summed E-state index contributed by atoms with van der Waals surface area (Å²) < 4.78 is 0. The molecule has 2 rings (SSSR count). The molecule has 2 unspecified atom stereocenters. The zero-order valence-electron chi connectivity index (χ0n) is 14.2. The average Bonchev–Trinajstić information content (AvgIpc) is 2.35. The highest BCUT2D eigenvalue weighted by Gasteiger charge is 2.26. The normalized spacial score (nSPS) is 14.0. The van der Waals surface area contributed by atoms with Gasteiger partial charge in [0.15, 0.2) is 0 Å². The predicted octanol–water partition coefficient (Wildman–Crippen LogP) is 6.80. The van der Waals surface area contributed by atoms with Gasteiger partial charge >= 0.3 is 0 Å². The largest absolute Gasteiger partial charge is 0.116 e. The Morgan fingerprint density at radius 2 is 0.773 bits per heavy atom. The van der Waals surface area contributed by atoms with Crippen LogP contribution in [0.4, 0.5) is 0 Å². The van der Waals surface area contributed by atoms with Crippen molar-refractivity contribution in [1.82, 2.24) is 0 Å².